The maximum absolute atomic E-state index is 13.0. The predicted molar refractivity (Wildman–Crippen MR) is 87.7 cm³/mol. The van der Waals surface area contributed by atoms with Crippen molar-refractivity contribution < 1.29 is 4.79 Å². The SMILES string of the molecule is CC1CN=C(C(=O)N2c3ccccc3Cc3ccccc32)N1. The molecule has 0 saturated heterocycles. The number of carbonyl (C=O) groups is 1. The number of amidine groups is 1. The van der Waals surface area contributed by atoms with Crippen molar-refractivity contribution in [2.75, 3.05) is 11.4 Å². The Morgan fingerprint density at radius 3 is 2.23 bits per heavy atom. The third-order valence-corrected chi connectivity index (χ3v) is 4.16. The third-order valence-electron chi connectivity index (χ3n) is 4.16. The maximum Gasteiger partial charge on any atom is 0.297 e. The smallest absolute Gasteiger partial charge is 0.297 e. The Morgan fingerprint density at radius 2 is 1.68 bits per heavy atom. The van der Waals surface area contributed by atoms with E-state index in [1.54, 1.807) is 4.90 Å². The zero-order valence-electron chi connectivity index (χ0n) is 12.4. The third kappa shape index (κ3) is 1.99. The molecule has 2 aliphatic heterocycles. The Labute approximate surface area is 129 Å². The molecule has 2 aliphatic rings. The summed E-state index contributed by atoms with van der Waals surface area (Å²) in [6.07, 6.45) is 0.854. The fourth-order valence-electron chi connectivity index (χ4n) is 3.10. The molecule has 2 aromatic carbocycles. The molecule has 2 aromatic rings. The molecule has 1 unspecified atom stereocenters. The lowest BCUT2D eigenvalue weighted by Gasteiger charge is -2.31. The minimum atomic E-state index is -0.0797. The van der Waals surface area contributed by atoms with Gasteiger partial charge in [-0.05, 0) is 30.2 Å². The maximum atomic E-state index is 13.0. The van der Waals surface area contributed by atoms with E-state index in [2.05, 4.69) is 22.4 Å². The highest BCUT2D eigenvalue weighted by Crippen LogP contribution is 2.38. The largest absolute Gasteiger partial charge is 0.361 e. The van der Waals surface area contributed by atoms with E-state index in [1.165, 1.54) is 11.1 Å². The summed E-state index contributed by atoms with van der Waals surface area (Å²) >= 11 is 0. The first kappa shape index (κ1) is 13.1. The summed E-state index contributed by atoms with van der Waals surface area (Å²) < 4.78 is 0. The van der Waals surface area contributed by atoms with Crippen molar-refractivity contribution in [3.8, 4) is 0 Å². The van der Waals surface area contributed by atoms with Crippen LogP contribution in [0.25, 0.3) is 0 Å². The van der Waals surface area contributed by atoms with E-state index in [1.807, 2.05) is 43.3 Å². The van der Waals surface area contributed by atoms with Crippen LogP contribution in [0.4, 0.5) is 11.4 Å². The molecule has 1 N–H and O–H groups in total. The van der Waals surface area contributed by atoms with Crippen molar-refractivity contribution in [3.63, 3.8) is 0 Å². The van der Waals surface area contributed by atoms with Crippen LogP contribution < -0.4 is 10.2 Å². The number of para-hydroxylation sites is 2. The Hall–Kier alpha value is -2.62. The molecule has 0 aliphatic carbocycles. The quantitative estimate of drug-likeness (QED) is 0.878. The second-order valence-corrected chi connectivity index (χ2v) is 5.81. The lowest BCUT2D eigenvalue weighted by molar-refractivity contribution is -0.112. The molecule has 110 valence electrons. The first-order valence-corrected chi connectivity index (χ1v) is 7.55. The molecule has 4 rings (SSSR count). The van der Waals surface area contributed by atoms with Crippen molar-refractivity contribution >= 4 is 23.1 Å². The average molecular weight is 291 g/mol. The van der Waals surface area contributed by atoms with E-state index in [0.717, 1.165) is 17.8 Å². The minimum Gasteiger partial charge on any atom is -0.361 e. The first-order chi connectivity index (χ1) is 10.7. The summed E-state index contributed by atoms with van der Waals surface area (Å²) in [6, 6.07) is 16.4. The highest BCUT2D eigenvalue weighted by atomic mass is 16.2. The number of nitrogens with zero attached hydrogens (tertiary/aromatic N) is 2. The van der Waals surface area contributed by atoms with Gasteiger partial charge in [0.1, 0.15) is 0 Å². The standard InChI is InChI=1S/C18H17N3O/c1-12-11-19-17(20-12)18(22)21-15-8-4-2-6-13(15)10-14-7-3-5-9-16(14)21/h2-9,12H,10-11H2,1H3,(H,19,20). The molecule has 0 fully saturated rings. The Morgan fingerprint density at radius 1 is 1.09 bits per heavy atom. The predicted octanol–water partition coefficient (Wildman–Crippen LogP) is 2.65. The number of amides is 1. The fourth-order valence-corrected chi connectivity index (χ4v) is 3.10. The second-order valence-electron chi connectivity index (χ2n) is 5.81. The van der Waals surface area contributed by atoms with Crippen LogP contribution in [0.1, 0.15) is 18.1 Å². The summed E-state index contributed by atoms with van der Waals surface area (Å²) in [7, 11) is 0. The first-order valence-electron chi connectivity index (χ1n) is 7.55. The number of rotatable bonds is 1. The van der Waals surface area contributed by atoms with Crippen molar-refractivity contribution in [3.05, 3.63) is 59.7 Å². The Bertz CT molecular complexity index is 736. The van der Waals surface area contributed by atoms with Gasteiger partial charge in [-0.1, -0.05) is 36.4 Å². The van der Waals surface area contributed by atoms with Gasteiger partial charge in [0.15, 0.2) is 5.84 Å². The molecule has 1 atom stereocenters. The van der Waals surface area contributed by atoms with Crippen molar-refractivity contribution in [2.45, 2.75) is 19.4 Å². The topological polar surface area (TPSA) is 44.7 Å². The lowest BCUT2D eigenvalue weighted by Crippen LogP contribution is -2.42. The van der Waals surface area contributed by atoms with E-state index >= 15 is 0 Å². The van der Waals surface area contributed by atoms with Gasteiger partial charge in [-0.3, -0.25) is 14.7 Å². The van der Waals surface area contributed by atoms with Crippen LogP contribution >= 0.6 is 0 Å². The molecule has 0 aromatic heterocycles. The van der Waals surface area contributed by atoms with Gasteiger partial charge in [0.2, 0.25) is 0 Å². The van der Waals surface area contributed by atoms with E-state index in [9.17, 15) is 4.79 Å². The molecule has 0 bridgehead atoms. The number of aliphatic imine (C=N–C) groups is 1. The van der Waals surface area contributed by atoms with Gasteiger partial charge in [0.25, 0.3) is 5.91 Å². The number of anilines is 2. The van der Waals surface area contributed by atoms with Crippen LogP contribution in [0.2, 0.25) is 0 Å². The molecule has 4 nitrogen and oxygen atoms in total. The van der Waals surface area contributed by atoms with Crippen LogP contribution in [-0.2, 0) is 11.2 Å². The van der Waals surface area contributed by atoms with Crippen LogP contribution in [-0.4, -0.2) is 24.3 Å². The molecule has 0 saturated carbocycles. The molecular weight excluding hydrogens is 274 g/mol. The van der Waals surface area contributed by atoms with Gasteiger partial charge in [-0.25, -0.2) is 0 Å². The van der Waals surface area contributed by atoms with E-state index in [-0.39, 0.29) is 11.9 Å². The van der Waals surface area contributed by atoms with Crippen LogP contribution in [0.5, 0.6) is 0 Å². The van der Waals surface area contributed by atoms with Gasteiger partial charge in [-0.2, -0.15) is 0 Å². The summed E-state index contributed by atoms with van der Waals surface area (Å²) in [4.78, 5) is 19.1. The highest BCUT2D eigenvalue weighted by molar-refractivity contribution is 6.45. The average Bonchev–Trinajstić information content (AvgIpc) is 2.98. The second kappa shape index (κ2) is 4.98. The summed E-state index contributed by atoms with van der Waals surface area (Å²) in [6.45, 7) is 2.68. The molecule has 2 heterocycles. The van der Waals surface area contributed by atoms with E-state index < -0.39 is 0 Å². The Balaban J connectivity index is 1.83. The number of nitrogens with one attached hydrogen (secondary N) is 1. The van der Waals surface area contributed by atoms with Crippen LogP contribution in [0.15, 0.2) is 53.5 Å². The molecule has 4 heteroatoms. The van der Waals surface area contributed by atoms with Gasteiger partial charge in [-0.15, -0.1) is 0 Å². The van der Waals surface area contributed by atoms with Crippen molar-refractivity contribution in [1.82, 2.24) is 5.32 Å². The van der Waals surface area contributed by atoms with Gasteiger partial charge >= 0.3 is 0 Å². The monoisotopic (exact) mass is 291 g/mol. The van der Waals surface area contributed by atoms with Crippen LogP contribution in [0, 0.1) is 0 Å². The highest BCUT2D eigenvalue weighted by Gasteiger charge is 2.31. The van der Waals surface area contributed by atoms with Gasteiger partial charge < -0.3 is 5.32 Å². The molecule has 1 amide bonds. The van der Waals surface area contributed by atoms with Crippen molar-refractivity contribution in [1.29, 1.82) is 0 Å². The summed E-state index contributed by atoms with van der Waals surface area (Å²) in [5.74, 6) is 0.378. The molecular formula is C18H17N3O. The van der Waals surface area contributed by atoms with Crippen molar-refractivity contribution in [2.24, 2.45) is 4.99 Å². The lowest BCUT2D eigenvalue weighted by atomic mass is 9.95. The molecule has 0 spiro atoms. The zero-order chi connectivity index (χ0) is 15.1. The summed E-state index contributed by atoms with van der Waals surface area (Å²) in [5.41, 5.74) is 4.24. The zero-order valence-corrected chi connectivity index (χ0v) is 12.4. The minimum absolute atomic E-state index is 0.0797. The molecule has 0 radical (unpaired) electrons. The number of fused-ring (bicyclic) bond motifs is 2. The van der Waals surface area contributed by atoms with Gasteiger partial charge in [0, 0.05) is 12.5 Å². The van der Waals surface area contributed by atoms with E-state index in [0.29, 0.717) is 12.4 Å². The number of hydrogen-bond donors (Lipinski definition) is 1. The molecule has 22 heavy (non-hydrogen) atoms. The Kier molecular flexibility index (Phi) is 2.96. The number of hydrogen-bond acceptors (Lipinski definition) is 3. The fraction of sp³-hybridized carbons (Fsp3) is 0.222. The number of carbonyl (C=O) groups excluding carboxylic acids is 1. The number of benzene rings is 2. The van der Waals surface area contributed by atoms with Gasteiger partial charge in [0.05, 0.1) is 17.9 Å². The summed E-state index contributed by atoms with van der Waals surface area (Å²) in [5, 5.41) is 3.17. The normalized spacial score (nSPS) is 19.0. The van der Waals surface area contributed by atoms with E-state index in [4.69, 9.17) is 0 Å². The van der Waals surface area contributed by atoms with Crippen LogP contribution in [0.3, 0.4) is 0 Å².